The molecule has 0 bridgehead atoms. The Morgan fingerprint density at radius 2 is 2.19 bits per heavy atom. The lowest BCUT2D eigenvalue weighted by Gasteiger charge is -2.02. The first-order chi connectivity index (χ1) is 13.0. The zero-order chi connectivity index (χ0) is 19.4. The van der Waals surface area contributed by atoms with Crippen LogP contribution in [0.25, 0.3) is 11.0 Å². The highest BCUT2D eigenvalue weighted by atomic mass is 35.5. The summed E-state index contributed by atoms with van der Waals surface area (Å²) in [5.74, 6) is -0.207. The predicted molar refractivity (Wildman–Crippen MR) is 105 cm³/mol. The van der Waals surface area contributed by atoms with Crippen molar-refractivity contribution in [3.63, 3.8) is 0 Å². The number of hydrogen-bond donors (Lipinski definition) is 1. The second kappa shape index (κ2) is 8.19. The SMILES string of the molecule is Cn1c(SCC(=O)NN=Cc2cc([N+](=O)[O-])ccc2Cl)nc2ccccc21. The molecule has 10 heteroatoms. The minimum atomic E-state index is -0.528. The summed E-state index contributed by atoms with van der Waals surface area (Å²) in [6, 6.07) is 11.7. The fourth-order valence-electron chi connectivity index (χ4n) is 2.33. The van der Waals surface area contributed by atoms with Crippen molar-refractivity contribution in [1.82, 2.24) is 15.0 Å². The van der Waals surface area contributed by atoms with E-state index < -0.39 is 4.92 Å². The number of aryl methyl sites for hydroxylation is 1. The summed E-state index contributed by atoms with van der Waals surface area (Å²) >= 11 is 7.26. The van der Waals surface area contributed by atoms with Gasteiger partial charge in [0.05, 0.1) is 27.9 Å². The highest BCUT2D eigenvalue weighted by molar-refractivity contribution is 7.99. The first kappa shape index (κ1) is 18.9. The topological polar surface area (TPSA) is 102 Å². The van der Waals surface area contributed by atoms with Crippen LogP contribution in [0, 0.1) is 10.1 Å². The lowest BCUT2D eigenvalue weighted by Crippen LogP contribution is -2.19. The number of amides is 1. The maximum atomic E-state index is 12.0. The summed E-state index contributed by atoms with van der Waals surface area (Å²) < 4.78 is 1.92. The van der Waals surface area contributed by atoms with Crippen LogP contribution in [0.3, 0.4) is 0 Å². The van der Waals surface area contributed by atoms with Crippen molar-refractivity contribution < 1.29 is 9.72 Å². The molecule has 8 nitrogen and oxygen atoms in total. The Hall–Kier alpha value is -2.91. The van der Waals surface area contributed by atoms with Gasteiger partial charge in [-0.25, -0.2) is 10.4 Å². The highest BCUT2D eigenvalue weighted by Gasteiger charge is 2.11. The molecule has 0 spiro atoms. The monoisotopic (exact) mass is 403 g/mol. The van der Waals surface area contributed by atoms with Gasteiger partial charge in [-0.15, -0.1) is 0 Å². The second-order valence-corrected chi connectivity index (χ2v) is 6.84. The van der Waals surface area contributed by atoms with E-state index >= 15 is 0 Å². The molecule has 1 heterocycles. The predicted octanol–water partition coefficient (Wildman–Crippen LogP) is 3.38. The molecule has 0 aliphatic heterocycles. The molecule has 138 valence electrons. The van der Waals surface area contributed by atoms with Crippen LogP contribution in [0.1, 0.15) is 5.56 Å². The number of carbonyl (C=O) groups is 1. The molecule has 1 N–H and O–H groups in total. The molecular formula is C17H14ClN5O3S. The van der Waals surface area contributed by atoms with Crippen LogP contribution >= 0.6 is 23.4 Å². The van der Waals surface area contributed by atoms with Gasteiger partial charge < -0.3 is 4.57 Å². The number of hydrazone groups is 1. The molecule has 27 heavy (non-hydrogen) atoms. The highest BCUT2D eigenvalue weighted by Crippen LogP contribution is 2.22. The molecule has 0 aliphatic rings. The van der Waals surface area contributed by atoms with Crippen molar-refractivity contribution in [3.05, 3.63) is 63.2 Å². The summed E-state index contributed by atoms with van der Waals surface area (Å²) in [5.41, 5.74) is 4.46. The summed E-state index contributed by atoms with van der Waals surface area (Å²) in [6.45, 7) is 0. The summed E-state index contributed by atoms with van der Waals surface area (Å²) in [4.78, 5) is 26.7. The quantitative estimate of drug-likeness (QED) is 0.294. The summed E-state index contributed by atoms with van der Waals surface area (Å²) in [7, 11) is 1.89. The van der Waals surface area contributed by atoms with Gasteiger partial charge in [0, 0.05) is 29.8 Å². The van der Waals surface area contributed by atoms with Crippen LogP contribution in [-0.2, 0) is 11.8 Å². The first-order valence-corrected chi connectivity index (χ1v) is 9.12. The van der Waals surface area contributed by atoms with E-state index in [1.807, 2.05) is 35.9 Å². The maximum absolute atomic E-state index is 12.0. The minimum absolute atomic E-state index is 0.107. The number of carbonyl (C=O) groups excluding carboxylic acids is 1. The standard InChI is InChI=1S/C17H14ClN5O3S/c1-22-15-5-3-2-4-14(15)20-17(22)27-10-16(24)21-19-9-11-8-12(23(25)26)6-7-13(11)18/h2-9H,10H2,1H3,(H,21,24). The third-order valence-electron chi connectivity index (χ3n) is 3.66. The van der Waals surface area contributed by atoms with E-state index in [0.717, 1.165) is 16.2 Å². The molecule has 2 aromatic carbocycles. The van der Waals surface area contributed by atoms with Gasteiger partial charge in [0.25, 0.3) is 11.6 Å². The summed E-state index contributed by atoms with van der Waals surface area (Å²) in [5, 5.41) is 15.6. The van der Waals surface area contributed by atoms with Crippen molar-refractivity contribution in [1.29, 1.82) is 0 Å². The maximum Gasteiger partial charge on any atom is 0.270 e. The van der Waals surface area contributed by atoms with Gasteiger partial charge in [-0.3, -0.25) is 14.9 Å². The Kier molecular flexibility index (Phi) is 5.72. The number of para-hydroxylation sites is 2. The number of imidazole rings is 1. The van der Waals surface area contributed by atoms with Crippen molar-refractivity contribution in [3.8, 4) is 0 Å². The molecule has 1 aromatic heterocycles. The third kappa shape index (κ3) is 4.44. The van der Waals surface area contributed by atoms with Crippen LogP contribution in [0.2, 0.25) is 5.02 Å². The number of nitrogens with one attached hydrogen (secondary N) is 1. The number of hydrogen-bond acceptors (Lipinski definition) is 6. The zero-order valence-corrected chi connectivity index (χ0v) is 15.7. The molecule has 0 atom stereocenters. The number of rotatable bonds is 6. The van der Waals surface area contributed by atoms with Crippen LogP contribution < -0.4 is 5.43 Å². The van der Waals surface area contributed by atoms with E-state index in [-0.39, 0.29) is 17.3 Å². The average molecular weight is 404 g/mol. The number of fused-ring (bicyclic) bond motifs is 1. The normalized spacial score (nSPS) is 11.2. The number of nitro groups is 1. The van der Waals surface area contributed by atoms with Gasteiger partial charge >= 0.3 is 0 Å². The lowest BCUT2D eigenvalue weighted by atomic mass is 10.2. The number of nitro benzene ring substituents is 1. The van der Waals surface area contributed by atoms with E-state index in [2.05, 4.69) is 15.5 Å². The smallest absolute Gasteiger partial charge is 0.270 e. The van der Waals surface area contributed by atoms with Gasteiger partial charge in [0.2, 0.25) is 0 Å². The molecule has 0 saturated heterocycles. The van der Waals surface area contributed by atoms with Crippen molar-refractivity contribution in [2.24, 2.45) is 12.1 Å². The van der Waals surface area contributed by atoms with Crippen LogP contribution in [0.15, 0.2) is 52.7 Å². The van der Waals surface area contributed by atoms with Gasteiger partial charge in [0.15, 0.2) is 5.16 Å². The Morgan fingerprint density at radius 3 is 2.93 bits per heavy atom. The Balaban J connectivity index is 1.59. The minimum Gasteiger partial charge on any atom is -0.322 e. The largest absolute Gasteiger partial charge is 0.322 e. The third-order valence-corrected chi connectivity index (χ3v) is 5.04. The number of non-ortho nitro benzene ring substituents is 1. The molecule has 0 unspecified atom stereocenters. The average Bonchev–Trinajstić information content (AvgIpc) is 2.97. The molecule has 3 rings (SSSR count). The van der Waals surface area contributed by atoms with E-state index in [1.54, 1.807) is 0 Å². The Bertz CT molecular complexity index is 1050. The molecule has 3 aromatic rings. The molecular weight excluding hydrogens is 390 g/mol. The van der Waals surface area contributed by atoms with E-state index in [1.165, 1.54) is 36.2 Å². The van der Waals surface area contributed by atoms with Gasteiger partial charge in [0.1, 0.15) is 0 Å². The summed E-state index contributed by atoms with van der Waals surface area (Å²) in [6.07, 6.45) is 1.27. The molecule has 0 fully saturated rings. The van der Waals surface area contributed by atoms with Gasteiger partial charge in [-0.2, -0.15) is 5.10 Å². The van der Waals surface area contributed by atoms with Crippen LogP contribution in [-0.4, -0.2) is 32.3 Å². The van der Waals surface area contributed by atoms with E-state index in [9.17, 15) is 14.9 Å². The van der Waals surface area contributed by atoms with Gasteiger partial charge in [-0.1, -0.05) is 35.5 Å². The van der Waals surface area contributed by atoms with Crippen molar-refractivity contribution in [2.45, 2.75) is 5.16 Å². The van der Waals surface area contributed by atoms with Crippen LogP contribution in [0.4, 0.5) is 5.69 Å². The number of benzene rings is 2. The van der Waals surface area contributed by atoms with E-state index in [0.29, 0.717) is 10.6 Å². The first-order valence-electron chi connectivity index (χ1n) is 7.76. The second-order valence-electron chi connectivity index (χ2n) is 5.49. The fraction of sp³-hybridized carbons (Fsp3) is 0.118. The van der Waals surface area contributed by atoms with Crippen LogP contribution in [0.5, 0.6) is 0 Å². The van der Waals surface area contributed by atoms with Gasteiger partial charge in [-0.05, 0) is 18.2 Å². The fourth-order valence-corrected chi connectivity index (χ4v) is 3.28. The van der Waals surface area contributed by atoms with Crippen molar-refractivity contribution in [2.75, 3.05) is 5.75 Å². The number of aromatic nitrogens is 2. The molecule has 1 amide bonds. The Labute approximate surface area is 163 Å². The van der Waals surface area contributed by atoms with Crippen molar-refractivity contribution >= 4 is 52.2 Å². The zero-order valence-electron chi connectivity index (χ0n) is 14.1. The molecule has 0 radical (unpaired) electrons. The Morgan fingerprint density at radius 1 is 1.41 bits per heavy atom. The number of nitrogens with zero attached hydrogens (tertiary/aromatic N) is 4. The molecule has 0 saturated carbocycles. The van der Waals surface area contributed by atoms with E-state index in [4.69, 9.17) is 11.6 Å². The number of halogens is 1. The molecule has 0 aliphatic carbocycles. The number of thioether (sulfide) groups is 1. The lowest BCUT2D eigenvalue weighted by molar-refractivity contribution is -0.384.